The zero-order valence-electron chi connectivity index (χ0n) is 20.0. The highest BCUT2D eigenvalue weighted by Gasteiger charge is 2.21. The lowest BCUT2D eigenvalue weighted by molar-refractivity contribution is 0.596. The molecule has 2 heterocycles. The van der Waals surface area contributed by atoms with E-state index in [9.17, 15) is 0 Å². The van der Waals surface area contributed by atoms with Crippen LogP contribution in [0.3, 0.4) is 0 Å². The maximum absolute atomic E-state index is 8.35. The van der Waals surface area contributed by atoms with Crippen LogP contribution in [0.5, 0.6) is 0 Å². The van der Waals surface area contributed by atoms with E-state index in [-0.39, 0.29) is 11.7 Å². The lowest BCUT2D eigenvalue weighted by Gasteiger charge is -2.22. The van der Waals surface area contributed by atoms with E-state index in [2.05, 4.69) is 105 Å². The number of hydrogen-bond acceptors (Lipinski definition) is 3. The van der Waals surface area contributed by atoms with Gasteiger partial charge in [0, 0.05) is 15.6 Å². The molecule has 0 aliphatic heterocycles. The number of thiophene rings is 1. The van der Waals surface area contributed by atoms with E-state index in [1.165, 1.54) is 26.2 Å². The summed E-state index contributed by atoms with van der Waals surface area (Å²) in [6.45, 7) is 13.9. The van der Waals surface area contributed by atoms with E-state index < -0.39 is 8.07 Å². The zero-order chi connectivity index (χ0) is 22.8. The van der Waals surface area contributed by atoms with Gasteiger partial charge in [-0.15, -0.1) is 11.3 Å². The van der Waals surface area contributed by atoms with Crippen LogP contribution in [0.1, 0.15) is 27.7 Å². The van der Waals surface area contributed by atoms with Crippen LogP contribution >= 0.6 is 11.3 Å². The third-order valence-corrected chi connectivity index (χ3v) is 9.20. The van der Waals surface area contributed by atoms with Crippen molar-refractivity contribution in [1.29, 1.82) is 0 Å². The van der Waals surface area contributed by atoms with Crippen LogP contribution in [0.2, 0.25) is 19.6 Å². The summed E-state index contributed by atoms with van der Waals surface area (Å²) in [4.78, 5) is 9.20. The van der Waals surface area contributed by atoms with E-state index in [4.69, 9.17) is 1.37 Å². The Morgan fingerprint density at radius 2 is 1.68 bits per heavy atom. The molecule has 0 bridgehead atoms. The van der Waals surface area contributed by atoms with Gasteiger partial charge in [0.2, 0.25) is 0 Å². The smallest absolute Gasteiger partial charge is 0.116 e. The van der Waals surface area contributed by atoms with Gasteiger partial charge in [-0.05, 0) is 39.9 Å². The monoisotopic (exact) mass is 441 g/mol. The van der Waals surface area contributed by atoms with Gasteiger partial charge in [0.05, 0.1) is 24.0 Å². The number of aromatic nitrogens is 2. The van der Waals surface area contributed by atoms with Gasteiger partial charge >= 0.3 is 0 Å². The molecule has 0 fully saturated rings. The molecule has 0 unspecified atom stereocenters. The first-order chi connectivity index (χ1) is 15.0. The predicted octanol–water partition coefficient (Wildman–Crippen LogP) is 7.51. The summed E-state index contributed by atoms with van der Waals surface area (Å²) >= 11 is 1.75. The van der Waals surface area contributed by atoms with Crippen LogP contribution in [-0.2, 0) is 5.41 Å². The summed E-state index contributed by atoms with van der Waals surface area (Å²) in [7, 11) is -1.41. The van der Waals surface area contributed by atoms with Crippen LogP contribution in [-0.4, -0.2) is 18.0 Å². The fourth-order valence-corrected chi connectivity index (χ4v) is 6.72. The molecule has 0 aliphatic rings. The molecule has 5 rings (SSSR count). The highest BCUT2D eigenvalue weighted by atomic mass is 32.1. The molecule has 2 aromatic heterocycles. The standard InChI is InChI=1S/C27H28N2SSi/c1-27(2,3)22-14-18(13-17-9-7-8-10-20(17)22)24-26-25(29-16-28-24)21-12-11-19(31(4,5)6)15-23(21)30-26/h7-16H,1-6H3/i16D. The Bertz CT molecular complexity index is 1510. The molecule has 0 spiro atoms. The Kier molecular flexibility index (Phi) is 4.31. The molecular formula is C27H28N2SSi. The first-order valence-electron chi connectivity index (χ1n) is 11.3. The van der Waals surface area contributed by atoms with Crippen molar-refractivity contribution in [3.05, 3.63) is 66.5 Å². The quantitative estimate of drug-likeness (QED) is 0.265. The molecule has 156 valence electrons. The molecule has 0 atom stereocenters. The van der Waals surface area contributed by atoms with Gasteiger partial charge in [-0.3, -0.25) is 0 Å². The summed E-state index contributed by atoms with van der Waals surface area (Å²) in [6, 6.07) is 19.8. The lowest BCUT2D eigenvalue weighted by atomic mass is 9.82. The van der Waals surface area contributed by atoms with Gasteiger partial charge in [-0.2, -0.15) is 0 Å². The van der Waals surface area contributed by atoms with Gasteiger partial charge < -0.3 is 0 Å². The zero-order valence-corrected chi connectivity index (χ0v) is 20.8. The topological polar surface area (TPSA) is 25.8 Å². The number of nitrogens with zero attached hydrogens (tertiary/aromatic N) is 2. The maximum Gasteiger partial charge on any atom is 0.116 e. The summed E-state index contributed by atoms with van der Waals surface area (Å²) in [6.07, 6.45) is 0.0759. The average molecular weight is 442 g/mol. The van der Waals surface area contributed by atoms with Crippen LogP contribution < -0.4 is 5.19 Å². The lowest BCUT2D eigenvalue weighted by Crippen LogP contribution is -2.37. The Morgan fingerprint density at radius 1 is 0.903 bits per heavy atom. The van der Waals surface area contributed by atoms with Gasteiger partial charge in [0.15, 0.2) is 0 Å². The van der Waals surface area contributed by atoms with E-state index in [1.54, 1.807) is 11.3 Å². The van der Waals surface area contributed by atoms with Crippen LogP contribution in [0.15, 0.2) is 60.9 Å². The number of rotatable bonds is 2. The summed E-state index contributed by atoms with van der Waals surface area (Å²) in [5.74, 6) is 0. The van der Waals surface area contributed by atoms with Gasteiger partial charge in [-0.1, -0.05) is 82.0 Å². The van der Waals surface area contributed by atoms with Gasteiger partial charge in [0.1, 0.15) is 7.67 Å². The summed E-state index contributed by atoms with van der Waals surface area (Å²) in [5, 5.41) is 5.05. The molecule has 31 heavy (non-hydrogen) atoms. The Labute approximate surface area is 190 Å². The number of fused-ring (bicyclic) bond motifs is 4. The van der Waals surface area contributed by atoms with Gasteiger partial charge in [-0.25, -0.2) is 9.97 Å². The van der Waals surface area contributed by atoms with Crippen molar-refractivity contribution in [3.63, 3.8) is 0 Å². The maximum atomic E-state index is 8.35. The molecule has 0 aliphatic carbocycles. The molecule has 0 amide bonds. The van der Waals surface area contributed by atoms with Crippen LogP contribution in [0.4, 0.5) is 0 Å². The fourth-order valence-electron chi connectivity index (χ4n) is 4.26. The Morgan fingerprint density at radius 3 is 2.42 bits per heavy atom. The first kappa shape index (κ1) is 19.1. The van der Waals surface area contributed by atoms with Crippen molar-refractivity contribution in [2.24, 2.45) is 0 Å². The van der Waals surface area contributed by atoms with Crippen molar-refractivity contribution < 1.29 is 1.37 Å². The Hall–Kier alpha value is -2.56. The summed E-state index contributed by atoms with van der Waals surface area (Å²) < 4.78 is 10.7. The first-order valence-corrected chi connectivity index (χ1v) is 15.1. The predicted molar refractivity (Wildman–Crippen MR) is 140 cm³/mol. The molecule has 5 aromatic rings. The highest BCUT2D eigenvalue weighted by Crippen LogP contribution is 2.40. The van der Waals surface area contributed by atoms with E-state index in [0.29, 0.717) is 0 Å². The number of benzene rings is 3. The minimum absolute atomic E-state index is 0.00203. The van der Waals surface area contributed by atoms with Crippen molar-refractivity contribution >= 4 is 55.7 Å². The van der Waals surface area contributed by atoms with Crippen molar-refractivity contribution in [3.8, 4) is 11.3 Å². The van der Waals surface area contributed by atoms with E-state index in [1.807, 2.05) is 0 Å². The third kappa shape index (κ3) is 3.48. The molecule has 0 saturated heterocycles. The highest BCUT2D eigenvalue weighted by molar-refractivity contribution is 7.26. The SMILES string of the molecule is [2H]c1nc(-c2cc(C(C)(C)C)c3ccccc3c2)c2sc3cc([Si](C)(C)C)ccc3c2n1. The molecule has 4 heteroatoms. The third-order valence-electron chi connectivity index (χ3n) is 6.01. The van der Waals surface area contributed by atoms with E-state index >= 15 is 0 Å². The fraction of sp³-hybridized carbons (Fsp3) is 0.259. The number of hydrogen-bond donors (Lipinski definition) is 0. The second-order valence-corrected chi connectivity index (χ2v) is 16.5. The summed E-state index contributed by atoms with van der Waals surface area (Å²) in [5.41, 5.74) is 4.12. The largest absolute Gasteiger partial charge is 0.235 e. The molecule has 2 nitrogen and oxygen atoms in total. The minimum Gasteiger partial charge on any atom is -0.235 e. The van der Waals surface area contributed by atoms with Crippen molar-refractivity contribution in [2.75, 3.05) is 0 Å². The molecule has 0 N–H and O–H groups in total. The Balaban J connectivity index is 1.84. The second kappa shape index (κ2) is 6.97. The van der Waals surface area contributed by atoms with Crippen molar-refractivity contribution in [1.82, 2.24) is 9.97 Å². The second-order valence-electron chi connectivity index (χ2n) is 10.4. The molecule has 0 saturated carbocycles. The minimum atomic E-state index is -1.41. The molecular weight excluding hydrogens is 412 g/mol. The van der Waals surface area contributed by atoms with Crippen molar-refractivity contribution in [2.45, 2.75) is 45.8 Å². The van der Waals surface area contributed by atoms with Crippen LogP contribution in [0, 0.1) is 0 Å². The van der Waals surface area contributed by atoms with E-state index in [0.717, 1.165) is 26.9 Å². The normalized spacial score (nSPS) is 13.3. The molecule has 3 aromatic carbocycles. The van der Waals surface area contributed by atoms with Gasteiger partial charge in [0.25, 0.3) is 0 Å². The molecule has 0 radical (unpaired) electrons. The average Bonchev–Trinajstić information content (AvgIpc) is 3.08. The van der Waals surface area contributed by atoms with Crippen LogP contribution in [0.25, 0.3) is 42.3 Å².